The van der Waals surface area contributed by atoms with Crippen LogP contribution in [0, 0.1) is 0 Å². The van der Waals surface area contributed by atoms with Crippen molar-refractivity contribution in [1.29, 1.82) is 0 Å². The van der Waals surface area contributed by atoms with Crippen molar-refractivity contribution < 1.29 is 14.3 Å². The number of hydrogen-bond donors (Lipinski definition) is 2. The van der Waals surface area contributed by atoms with Gasteiger partial charge < -0.3 is 20.1 Å². The minimum Gasteiger partial charge on any atom is -0.493 e. The number of ether oxygens (including phenoxy) is 2. The lowest BCUT2D eigenvalue weighted by Gasteiger charge is -2.13. The van der Waals surface area contributed by atoms with Crippen LogP contribution in [0.15, 0.2) is 36.5 Å². The van der Waals surface area contributed by atoms with Gasteiger partial charge in [-0.2, -0.15) is 0 Å². The van der Waals surface area contributed by atoms with E-state index in [0.29, 0.717) is 29.4 Å². The summed E-state index contributed by atoms with van der Waals surface area (Å²) < 4.78 is 10.5. The summed E-state index contributed by atoms with van der Waals surface area (Å²) >= 11 is 0. The van der Waals surface area contributed by atoms with Crippen molar-refractivity contribution >= 4 is 11.7 Å². The summed E-state index contributed by atoms with van der Waals surface area (Å²) in [6, 6.07) is 9.32. The number of carbonyl (C=O) groups excluding carboxylic acids is 1. The van der Waals surface area contributed by atoms with Gasteiger partial charge >= 0.3 is 0 Å². The summed E-state index contributed by atoms with van der Waals surface area (Å²) in [4.78, 5) is 16.5. The first-order valence-corrected chi connectivity index (χ1v) is 8.29. The number of aromatic nitrogens is 1. The maximum Gasteiger partial charge on any atom is 0.251 e. The van der Waals surface area contributed by atoms with Crippen LogP contribution >= 0.6 is 0 Å². The lowest BCUT2D eigenvalue weighted by atomic mass is 10.2. The zero-order valence-electron chi connectivity index (χ0n) is 15.1. The van der Waals surface area contributed by atoms with Crippen LogP contribution in [0.5, 0.6) is 11.5 Å². The minimum absolute atomic E-state index is 0.0917. The summed E-state index contributed by atoms with van der Waals surface area (Å²) in [5, 5.41) is 6.17. The molecule has 0 bridgehead atoms. The van der Waals surface area contributed by atoms with Gasteiger partial charge in [-0.15, -0.1) is 0 Å². The largest absolute Gasteiger partial charge is 0.493 e. The Labute approximate surface area is 148 Å². The highest BCUT2D eigenvalue weighted by molar-refractivity contribution is 5.94. The Morgan fingerprint density at radius 2 is 1.92 bits per heavy atom. The number of hydrogen-bond acceptors (Lipinski definition) is 5. The number of benzene rings is 1. The number of amides is 1. The topological polar surface area (TPSA) is 72.5 Å². The standard InChI is InChI=1S/C19H25N3O3/c1-5-13(2)22-19(23)15-8-9-20-18(11-15)21-12-14-6-7-16(24-3)17(10-14)25-4/h6-11,13H,5,12H2,1-4H3,(H,20,21)(H,22,23). The molecule has 2 aromatic rings. The molecule has 1 atom stereocenters. The number of pyridine rings is 1. The fraction of sp³-hybridized carbons (Fsp3) is 0.368. The number of rotatable bonds is 8. The third-order valence-corrected chi connectivity index (χ3v) is 3.93. The van der Waals surface area contributed by atoms with E-state index in [-0.39, 0.29) is 11.9 Å². The minimum atomic E-state index is -0.0917. The van der Waals surface area contributed by atoms with E-state index in [4.69, 9.17) is 9.47 Å². The van der Waals surface area contributed by atoms with E-state index in [2.05, 4.69) is 15.6 Å². The van der Waals surface area contributed by atoms with Crippen molar-refractivity contribution in [3.63, 3.8) is 0 Å². The molecule has 0 radical (unpaired) electrons. The van der Waals surface area contributed by atoms with Crippen molar-refractivity contribution in [3.05, 3.63) is 47.7 Å². The zero-order valence-corrected chi connectivity index (χ0v) is 15.1. The first-order valence-electron chi connectivity index (χ1n) is 8.29. The van der Waals surface area contributed by atoms with E-state index in [0.717, 1.165) is 12.0 Å². The SMILES string of the molecule is CCC(C)NC(=O)c1ccnc(NCc2ccc(OC)c(OC)c2)c1. The first-order chi connectivity index (χ1) is 12.1. The number of nitrogens with zero attached hydrogens (tertiary/aromatic N) is 1. The normalized spacial score (nSPS) is 11.5. The van der Waals surface area contributed by atoms with E-state index in [1.807, 2.05) is 32.0 Å². The summed E-state index contributed by atoms with van der Waals surface area (Å²) in [5.41, 5.74) is 1.61. The third kappa shape index (κ3) is 5.11. The monoisotopic (exact) mass is 343 g/mol. The van der Waals surface area contributed by atoms with Gasteiger partial charge in [0.15, 0.2) is 11.5 Å². The van der Waals surface area contributed by atoms with Crippen molar-refractivity contribution in [1.82, 2.24) is 10.3 Å². The Kier molecular flexibility index (Phi) is 6.62. The Morgan fingerprint density at radius 3 is 2.60 bits per heavy atom. The molecule has 1 amide bonds. The maximum absolute atomic E-state index is 12.2. The number of carbonyl (C=O) groups is 1. The Balaban J connectivity index is 2.04. The summed E-state index contributed by atoms with van der Waals surface area (Å²) in [5.74, 6) is 1.92. The van der Waals surface area contributed by atoms with Crippen LogP contribution in [-0.2, 0) is 6.54 Å². The Morgan fingerprint density at radius 1 is 1.16 bits per heavy atom. The third-order valence-electron chi connectivity index (χ3n) is 3.93. The molecule has 0 aliphatic rings. The second kappa shape index (κ2) is 8.92. The van der Waals surface area contributed by atoms with Gasteiger partial charge in [-0.3, -0.25) is 4.79 Å². The van der Waals surface area contributed by atoms with E-state index in [1.54, 1.807) is 32.5 Å². The molecule has 6 heteroatoms. The average Bonchev–Trinajstić information content (AvgIpc) is 2.66. The highest BCUT2D eigenvalue weighted by Gasteiger charge is 2.10. The average molecular weight is 343 g/mol. The lowest BCUT2D eigenvalue weighted by Crippen LogP contribution is -2.31. The molecule has 0 saturated carbocycles. The van der Waals surface area contributed by atoms with Gasteiger partial charge in [0, 0.05) is 24.3 Å². The predicted octanol–water partition coefficient (Wildman–Crippen LogP) is 3.24. The van der Waals surface area contributed by atoms with Gasteiger partial charge in [0.2, 0.25) is 0 Å². The molecule has 2 rings (SSSR count). The number of methoxy groups -OCH3 is 2. The fourth-order valence-electron chi connectivity index (χ4n) is 2.26. The van der Waals surface area contributed by atoms with Crippen molar-refractivity contribution in [3.8, 4) is 11.5 Å². The molecule has 0 saturated heterocycles. The number of anilines is 1. The molecule has 0 spiro atoms. The fourth-order valence-corrected chi connectivity index (χ4v) is 2.26. The highest BCUT2D eigenvalue weighted by atomic mass is 16.5. The summed E-state index contributed by atoms with van der Waals surface area (Å²) in [6.07, 6.45) is 2.52. The molecule has 0 aliphatic heterocycles. The molecular weight excluding hydrogens is 318 g/mol. The van der Waals surface area contributed by atoms with Crippen molar-refractivity contribution in [2.24, 2.45) is 0 Å². The molecule has 6 nitrogen and oxygen atoms in total. The van der Waals surface area contributed by atoms with Gasteiger partial charge in [-0.05, 0) is 43.2 Å². The van der Waals surface area contributed by atoms with Crippen LogP contribution in [0.3, 0.4) is 0 Å². The van der Waals surface area contributed by atoms with Gasteiger partial charge in [-0.25, -0.2) is 4.98 Å². The Hall–Kier alpha value is -2.76. The summed E-state index contributed by atoms with van der Waals surface area (Å²) in [6.45, 7) is 4.58. The molecule has 2 N–H and O–H groups in total. The predicted molar refractivity (Wildman–Crippen MR) is 98.3 cm³/mol. The maximum atomic E-state index is 12.2. The number of nitrogens with one attached hydrogen (secondary N) is 2. The second-order valence-electron chi connectivity index (χ2n) is 5.76. The van der Waals surface area contributed by atoms with Crippen LogP contribution in [0.2, 0.25) is 0 Å². The lowest BCUT2D eigenvalue weighted by molar-refractivity contribution is 0.0939. The van der Waals surface area contributed by atoms with Gasteiger partial charge in [0.1, 0.15) is 5.82 Å². The molecule has 1 aromatic carbocycles. The van der Waals surface area contributed by atoms with E-state index in [1.165, 1.54) is 0 Å². The van der Waals surface area contributed by atoms with E-state index in [9.17, 15) is 4.79 Å². The highest BCUT2D eigenvalue weighted by Crippen LogP contribution is 2.27. The van der Waals surface area contributed by atoms with Crippen LogP contribution in [0.25, 0.3) is 0 Å². The molecule has 134 valence electrons. The smallest absolute Gasteiger partial charge is 0.251 e. The van der Waals surface area contributed by atoms with Crippen molar-refractivity contribution in [2.75, 3.05) is 19.5 Å². The van der Waals surface area contributed by atoms with Crippen LogP contribution in [-0.4, -0.2) is 31.2 Å². The van der Waals surface area contributed by atoms with Crippen LogP contribution in [0.4, 0.5) is 5.82 Å². The molecule has 1 unspecified atom stereocenters. The quantitative estimate of drug-likeness (QED) is 0.770. The molecule has 25 heavy (non-hydrogen) atoms. The van der Waals surface area contributed by atoms with E-state index < -0.39 is 0 Å². The van der Waals surface area contributed by atoms with Crippen LogP contribution < -0.4 is 20.1 Å². The van der Waals surface area contributed by atoms with Crippen LogP contribution in [0.1, 0.15) is 36.2 Å². The first kappa shape index (κ1) is 18.6. The molecule has 0 fully saturated rings. The van der Waals surface area contributed by atoms with Crippen molar-refractivity contribution in [2.45, 2.75) is 32.9 Å². The van der Waals surface area contributed by atoms with Gasteiger partial charge in [0.25, 0.3) is 5.91 Å². The molecule has 1 aromatic heterocycles. The molecular formula is C19H25N3O3. The second-order valence-corrected chi connectivity index (χ2v) is 5.76. The van der Waals surface area contributed by atoms with Gasteiger partial charge in [0.05, 0.1) is 14.2 Å². The molecule has 0 aliphatic carbocycles. The van der Waals surface area contributed by atoms with E-state index >= 15 is 0 Å². The molecule has 1 heterocycles. The van der Waals surface area contributed by atoms with Gasteiger partial charge in [-0.1, -0.05) is 13.0 Å². The zero-order chi connectivity index (χ0) is 18.2. The summed E-state index contributed by atoms with van der Waals surface area (Å²) in [7, 11) is 3.21. The Bertz CT molecular complexity index is 719.